The highest BCUT2D eigenvalue weighted by atomic mass is 79.9. The quantitative estimate of drug-likeness (QED) is 0.943. The third kappa shape index (κ3) is 2.96. The van der Waals surface area contributed by atoms with Crippen LogP contribution in [0.5, 0.6) is 0 Å². The predicted octanol–water partition coefficient (Wildman–Crippen LogP) is 2.93. The highest BCUT2D eigenvalue weighted by Gasteiger charge is 2.03. The molecule has 0 aromatic carbocycles. The minimum absolute atomic E-state index is 0.715. The van der Waals surface area contributed by atoms with E-state index in [9.17, 15) is 0 Å². The number of hydrogen-bond acceptors (Lipinski definition) is 6. The van der Waals surface area contributed by atoms with Crippen molar-refractivity contribution in [3.05, 3.63) is 20.0 Å². The number of thiazole rings is 1. The summed E-state index contributed by atoms with van der Waals surface area (Å²) in [7, 11) is 0. The lowest BCUT2D eigenvalue weighted by Gasteiger charge is -1.96. The zero-order chi connectivity index (χ0) is 10.7. The molecule has 0 bridgehead atoms. The molecule has 0 aliphatic carbocycles. The van der Waals surface area contributed by atoms with Gasteiger partial charge in [-0.25, -0.2) is 4.98 Å². The smallest absolute Gasteiger partial charge is 0.206 e. The van der Waals surface area contributed by atoms with Crippen molar-refractivity contribution in [3.8, 4) is 0 Å². The van der Waals surface area contributed by atoms with E-state index in [1.807, 2.05) is 6.20 Å². The first-order valence-corrected chi connectivity index (χ1v) is 6.87. The van der Waals surface area contributed by atoms with Gasteiger partial charge in [0.05, 0.1) is 6.54 Å². The fourth-order valence-corrected chi connectivity index (χ4v) is 2.83. The van der Waals surface area contributed by atoms with Gasteiger partial charge in [-0.3, -0.25) is 0 Å². The molecule has 0 atom stereocenters. The van der Waals surface area contributed by atoms with Crippen LogP contribution in [0.3, 0.4) is 0 Å². The minimum Gasteiger partial charge on any atom is -0.354 e. The molecular formula is C8H9BrN4S2. The number of rotatable bonds is 4. The summed E-state index contributed by atoms with van der Waals surface area (Å²) in [5.41, 5.74) is 0. The summed E-state index contributed by atoms with van der Waals surface area (Å²) in [4.78, 5) is 5.62. The highest BCUT2D eigenvalue weighted by Crippen LogP contribution is 2.21. The van der Waals surface area contributed by atoms with E-state index in [4.69, 9.17) is 0 Å². The van der Waals surface area contributed by atoms with Crippen molar-refractivity contribution in [2.45, 2.75) is 19.9 Å². The molecular weight excluding hydrogens is 296 g/mol. The molecule has 0 aliphatic rings. The summed E-state index contributed by atoms with van der Waals surface area (Å²) < 4.78 is 0.790. The first-order valence-electron chi connectivity index (χ1n) is 4.44. The van der Waals surface area contributed by atoms with Gasteiger partial charge in [-0.1, -0.05) is 18.3 Å². The zero-order valence-electron chi connectivity index (χ0n) is 8.03. The zero-order valence-corrected chi connectivity index (χ0v) is 11.2. The molecule has 0 saturated carbocycles. The Morgan fingerprint density at radius 3 is 2.87 bits per heavy atom. The van der Waals surface area contributed by atoms with Crippen LogP contribution in [0, 0.1) is 0 Å². The van der Waals surface area contributed by atoms with E-state index < -0.39 is 0 Å². The van der Waals surface area contributed by atoms with Crippen molar-refractivity contribution in [3.63, 3.8) is 0 Å². The van der Waals surface area contributed by atoms with Crippen LogP contribution in [0.2, 0.25) is 0 Å². The number of nitrogens with zero attached hydrogens (tertiary/aromatic N) is 3. The molecule has 2 rings (SSSR count). The summed E-state index contributed by atoms with van der Waals surface area (Å²) in [6.45, 7) is 2.85. The lowest BCUT2D eigenvalue weighted by molar-refractivity contribution is 1.03. The predicted molar refractivity (Wildman–Crippen MR) is 66.4 cm³/mol. The maximum absolute atomic E-state index is 4.31. The van der Waals surface area contributed by atoms with Crippen LogP contribution < -0.4 is 5.32 Å². The van der Waals surface area contributed by atoms with E-state index in [1.54, 1.807) is 11.3 Å². The topological polar surface area (TPSA) is 50.7 Å². The Balaban J connectivity index is 1.93. The standard InChI is InChI=1S/C8H9BrN4S2/c1-2-5-3-10-6(14-5)4-11-8-13-12-7(9)15-8/h3H,2,4H2,1H3,(H,11,13). The molecule has 2 aromatic rings. The molecule has 2 aromatic heterocycles. The second-order valence-corrected chi connectivity index (χ2v) is 6.24. The summed E-state index contributed by atoms with van der Waals surface area (Å²) in [5, 5.41) is 12.9. The van der Waals surface area contributed by atoms with Crippen molar-refractivity contribution in [1.29, 1.82) is 0 Å². The second kappa shape index (κ2) is 5.00. The average molecular weight is 305 g/mol. The Kier molecular flexibility index (Phi) is 3.66. The van der Waals surface area contributed by atoms with E-state index in [0.717, 1.165) is 20.5 Å². The van der Waals surface area contributed by atoms with Crippen molar-refractivity contribution < 1.29 is 0 Å². The van der Waals surface area contributed by atoms with Crippen LogP contribution in [0.15, 0.2) is 10.1 Å². The maximum atomic E-state index is 4.31. The van der Waals surface area contributed by atoms with E-state index in [-0.39, 0.29) is 0 Å². The van der Waals surface area contributed by atoms with Gasteiger partial charge in [0.25, 0.3) is 0 Å². The van der Waals surface area contributed by atoms with Gasteiger partial charge >= 0.3 is 0 Å². The van der Waals surface area contributed by atoms with Gasteiger partial charge < -0.3 is 5.32 Å². The molecule has 0 amide bonds. The van der Waals surface area contributed by atoms with E-state index >= 15 is 0 Å². The van der Waals surface area contributed by atoms with Crippen molar-refractivity contribution in [2.75, 3.05) is 5.32 Å². The molecule has 0 radical (unpaired) electrons. The molecule has 0 fully saturated rings. The van der Waals surface area contributed by atoms with Crippen LogP contribution >= 0.6 is 38.6 Å². The van der Waals surface area contributed by atoms with Crippen molar-refractivity contribution in [2.24, 2.45) is 0 Å². The van der Waals surface area contributed by atoms with Gasteiger partial charge in [-0.2, -0.15) is 0 Å². The number of anilines is 1. The van der Waals surface area contributed by atoms with Gasteiger partial charge in [0.2, 0.25) is 5.13 Å². The molecule has 0 aliphatic heterocycles. The van der Waals surface area contributed by atoms with Crippen molar-refractivity contribution >= 4 is 43.7 Å². The molecule has 7 heteroatoms. The maximum Gasteiger partial charge on any atom is 0.206 e. The van der Waals surface area contributed by atoms with Crippen LogP contribution in [0.25, 0.3) is 0 Å². The van der Waals surface area contributed by atoms with Crippen LogP contribution in [-0.2, 0) is 13.0 Å². The first-order chi connectivity index (χ1) is 7.28. The average Bonchev–Trinajstić information content (AvgIpc) is 2.83. The lowest BCUT2D eigenvalue weighted by atomic mass is 10.4. The Morgan fingerprint density at radius 2 is 2.27 bits per heavy atom. The Morgan fingerprint density at radius 1 is 1.40 bits per heavy atom. The van der Waals surface area contributed by atoms with Crippen LogP contribution in [0.4, 0.5) is 5.13 Å². The summed E-state index contributed by atoms with van der Waals surface area (Å²) >= 11 is 6.48. The fraction of sp³-hybridized carbons (Fsp3) is 0.375. The van der Waals surface area contributed by atoms with Gasteiger partial charge in [0.15, 0.2) is 3.92 Å². The molecule has 0 spiro atoms. The van der Waals surface area contributed by atoms with Crippen LogP contribution in [0.1, 0.15) is 16.8 Å². The summed E-state index contributed by atoms with van der Waals surface area (Å²) in [6.07, 6.45) is 2.97. The number of halogens is 1. The van der Waals surface area contributed by atoms with E-state index in [0.29, 0.717) is 6.54 Å². The third-order valence-corrected chi connectivity index (χ3v) is 4.20. The fourth-order valence-electron chi connectivity index (χ4n) is 1.02. The molecule has 4 nitrogen and oxygen atoms in total. The largest absolute Gasteiger partial charge is 0.354 e. The Labute approximate surface area is 104 Å². The molecule has 0 saturated heterocycles. The van der Waals surface area contributed by atoms with Gasteiger partial charge in [0.1, 0.15) is 5.01 Å². The SMILES string of the molecule is CCc1cnc(CNc2nnc(Br)s2)s1. The molecule has 1 N–H and O–H groups in total. The van der Waals surface area contributed by atoms with Crippen molar-refractivity contribution in [1.82, 2.24) is 15.2 Å². The third-order valence-electron chi connectivity index (χ3n) is 1.74. The minimum atomic E-state index is 0.715. The number of hydrogen-bond donors (Lipinski definition) is 1. The Bertz CT molecular complexity index is 439. The Hall–Kier alpha value is -0.530. The monoisotopic (exact) mass is 304 g/mol. The molecule has 2 heterocycles. The van der Waals surface area contributed by atoms with E-state index in [2.05, 4.69) is 43.4 Å². The number of aromatic nitrogens is 3. The summed E-state index contributed by atoms with van der Waals surface area (Å²) in [5.74, 6) is 0. The van der Waals surface area contributed by atoms with E-state index in [1.165, 1.54) is 16.2 Å². The lowest BCUT2D eigenvalue weighted by Crippen LogP contribution is -1.97. The van der Waals surface area contributed by atoms with Gasteiger partial charge in [0, 0.05) is 11.1 Å². The second-order valence-electron chi connectivity index (χ2n) is 2.79. The van der Waals surface area contributed by atoms with Crippen LogP contribution in [-0.4, -0.2) is 15.2 Å². The van der Waals surface area contributed by atoms with Gasteiger partial charge in [-0.15, -0.1) is 21.5 Å². The number of nitrogens with one attached hydrogen (secondary N) is 1. The molecule has 0 unspecified atom stereocenters. The molecule has 80 valence electrons. The molecule has 15 heavy (non-hydrogen) atoms. The normalized spacial score (nSPS) is 10.5. The summed E-state index contributed by atoms with van der Waals surface area (Å²) in [6, 6.07) is 0. The first kappa shape index (κ1) is 11.0. The highest BCUT2D eigenvalue weighted by molar-refractivity contribution is 9.11. The van der Waals surface area contributed by atoms with Gasteiger partial charge in [-0.05, 0) is 22.4 Å². The number of aryl methyl sites for hydroxylation is 1.